The normalized spacial score (nSPS) is 19.7. The minimum Gasteiger partial charge on any atom is -0.486 e. The van der Waals surface area contributed by atoms with Gasteiger partial charge in [-0.15, -0.1) is 0 Å². The summed E-state index contributed by atoms with van der Waals surface area (Å²) in [6.07, 6.45) is 3.52. The molecule has 4 heteroatoms. The van der Waals surface area contributed by atoms with Gasteiger partial charge in [0.25, 0.3) is 0 Å². The molecule has 1 amide bonds. The first kappa shape index (κ1) is 11.3. The quantitative estimate of drug-likeness (QED) is 0.827. The molecule has 1 aromatic carbocycles. The van der Waals surface area contributed by atoms with E-state index in [4.69, 9.17) is 4.74 Å². The highest BCUT2D eigenvalue weighted by molar-refractivity contribution is 6.02. The zero-order valence-electron chi connectivity index (χ0n) is 10.3. The maximum Gasteiger partial charge on any atom is 0.221 e. The zero-order valence-corrected chi connectivity index (χ0v) is 10.3. The van der Waals surface area contributed by atoms with Crippen molar-refractivity contribution in [1.82, 2.24) is 0 Å². The lowest BCUT2D eigenvalue weighted by molar-refractivity contribution is -0.114. The van der Waals surface area contributed by atoms with E-state index in [1.807, 2.05) is 0 Å². The number of fused-ring (bicyclic) bond motifs is 1. The van der Waals surface area contributed by atoms with Crippen LogP contribution in [0.5, 0.6) is 5.75 Å². The van der Waals surface area contributed by atoms with Crippen molar-refractivity contribution in [2.75, 3.05) is 5.32 Å². The fourth-order valence-electron chi connectivity index (χ4n) is 2.63. The first-order valence-corrected chi connectivity index (χ1v) is 6.22. The van der Waals surface area contributed by atoms with Crippen molar-refractivity contribution >= 4 is 17.4 Å². The zero-order chi connectivity index (χ0) is 12.8. The van der Waals surface area contributed by atoms with E-state index in [9.17, 15) is 9.59 Å². The second kappa shape index (κ2) is 3.83. The Morgan fingerprint density at radius 1 is 1.39 bits per heavy atom. The van der Waals surface area contributed by atoms with Gasteiger partial charge in [0, 0.05) is 12.6 Å². The van der Waals surface area contributed by atoms with Gasteiger partial charge in [-0.3, -0.25) is 9.59 Å². The molecule has 1 aromatic rings. The van der Waals surface area contributed by atoms with Crippen LogP contribution in [0.1, 0.15) is 43.0 Å². The molecule has 1 fully saturated rings. The summed E-state index contributed by atoms with van der Waals surface area (Å²) in [7, 11) is 0. The molecule has 1 aliphatic carbocycles. The Morgan fingerprint density at radius 2 is 2.17 bits per heavy atom. The van der Waals surface area contributed by atoms with E-state index >= 15 is 0 Å². The number of ether oxygens (including phenoxy) is 1. The molecule has 0 saturated heterocycles. The molecule has 0 aromatic heterocycles. The molecule has 1 spiro atoms. The summed E-state index contributed by atoms with van der Waals surface area (Å²) in [5, 5.41) is 2.68. The van der Waals surface area contributed by atoms with Gasteiger partial charge < -0.3 is 10.1 Å². The highest BCUT2D eigenvalue weighted by Gasteiger charge is 2.45. The molecule has 94 valence electrons. The molecule has 1 heterocycles. The van der Waals surface area contributed by atoms with Gasteiger partial charge in [-0.25, -0.2) is 0 Å². The molecule has 1 aliphatic heterocycles. The van der Waals surface area contributed by atoms with Crippen molar-refractivity contribution in [3.63, 3.8) is 0 Å². The van der Waals surface area contributed by atoms with Crippen molar-refractivity contribution in [2.45, 2.75) is 38.2 Å². The van der Waals surface area contributed by atoms with E-state index in [-0.39, 0.29) is 17.3 Å². The highest BCUT2D eigenvalue weighted by Crippen LogP contribution is 2.45. The molecule has 1 N–H and O–H groups in total. The largest absolute Gasteiger partial charge is 0.486 e. The minimum atomic E-state index is -0.237. The van der Waals surface area contributed by atoms with Crippen molar-refractivity contribution in [3.05, 3.63) is 23.8 Å². The molecule has 1 saturated carbocycles. The molecule has 2 aliphatic rings. The van der Waals surface area contributed by atoms with E-state index in [0.29, 0.717) is 23.4 Å². The summed E-state index contributed by atoms with van der Waals surface area (Å²) in [6.45, 7) is 1.45. The summed E-state index contributed by atoms with van der Waals surface area (Å²) in [6, 6.07) is 5.24. The average molecular weight is 245 g/mol. The fourth-order valence-corrected chi connectivity index (χ4v) is 2.63. The van der Waals surface area contributed by atoms with Crippen LogP contribution < -0.4 is 10.1 Å². The third-order valence-electron chi connectivity index (χ3n) is 3.67. The summed E-state index contributed by atoms with van der Waals surface area (Å²) < 4.78 is 5.95. The van der Waals surface area contributed by atoms with Gasteiger partial charge in [-0.2, -0.15) is 0 Å². The van der Waals surface area contributed by atoms with Crippen LogP contribution in [-0.4, -0.2) is 17.3 Å². The predicted molar refractivity (Wildman–Crippen MR) is 66.9 cm³/mol. The van der Waals surface area contributed by atoms with Gasteiger partial charge in [0.2, 0.25) is 5.91 Å². The van der Waals surface area contributed by atoms with Crippen LogP contribution in [0.3, 0.4) is 0 Å². The molecule has 3 rings (SSSR count). The number of Topliss-reactive ketones (excluding diaryl/α,β-unsaturated/α-hetero) is 1. The van der Waals surface area contributed by atoms with Crippen molar-refractivity contribution in [2.24, 2.45) is 0 Å². The molecular weight excluding hydrogens is 230 g/mol. The second-order valence-electron chi connectivity index (χ2n) is 5.13. The number of ketones is 1. The maximum atomic E-state index is 12.1. The predicted octanol–water partition coefficient (Wildman–Crippen LogP) is 2.53. The van der Waals surface area contributed by atoms with Crippen LogP contribution in [0.4, 0.5) is 5.69 Å². The molecule has 0 radical (unpaired) electrons. The van der Waals surface area contributed by atoms with Gasteiger partial charge >= 0.3 is 0 Å². The molecule has 0 bridgehead atoms. The van der Waals surface area contributed by atoms with E-state index in [2.05, 4.69) is 5.32 Å². The SMILES string of the molecule is CC(=O)Nc1ccc2c(c1)C(=O)CC1(CCC1)O2. The van der Waals surface area contributed by atoms with E-state index < -0.39 is 0 Å². The van der Waals surface area contributed by atoms with Crippen LogP contribution in [0.25, 0.3) is 0 Å². The Balaban J connectivity index is 1.92. The first-order chi connectivity index (χ1) is 8.58. The number of benzene rings is 1. The van der Waals surface area contributed by atoms with E-state index in [0.717, 1.165) is 19.3 Å². The van der Waals surface area contributed by atoms with Crippen molar-refractivity contribution in [3.8, 4) is 5.75 Å². The smallest absolute Gasteiger partial charge is 0.221 e. The third-order valence-corrected chi connectivity index (χ3v) is 3.67. The number of hydrogen-bond acceptors (Lipinski definition) is 3. The lowest BCUT2D eigenvalue weighted by Crippen LogP contribution is -2.47. The first-order valence-electron chi connectivity index (χ1n) is 6.22. The van der Waals surface area contributed by atoms with Crippen molar-refractivity contribution in [1.29, 1.82) is 0 Å². The highest BCUT2D eigenvalue weighted by atomic mass is 16.5. The Hall–Kier alpha value is -1.84. The Kier molecular flexibility index (Phi) is 2.40. The van der Waals surface area contributed by atoms with E-state index in [1.54, 1.807) is 18.2 Å². The number of anilines is 1. The third kappa shape index (κ3) is 1.78. The number of amides is 1. The second-order valence-corrected chi connectivity index (χ2v) is 5.13. The van der Waals surface area contributed by atoms with Crippen LogP contribution >= 0.6 is 0 Å². The topological polar surface area (TPSA) is 55.4 Å². The van der Waals surface area contributed by atoms with Crippen LogP contribution in [0.2, 0.25) is 0 Å². The summed E-state index contributed by atoms with van der Waals surface area (Å²) in [4.78, 5) is 23.1. The number of carbonyl (C=O) groups is 2. The molecule has 0 unspecified atom stereocenters. The minimum absolute atomic E-state index is 0.114. The number of nitrogens with one attached hydrogen (secondary N) is 1. The van der Waals surface area contributed by atoms with Crippen molar-refractivity contribution < 1.29 is 14.3 Å². The summed E-state index contributed by atoms with van der Waals surface area (Å²) in [5.74, 6) is 0.623. The average Bonchev–Trinajstić information content (AvgIpc) is 2.27. The lowest BCUT2D eigenvalue weighted by Gasteiger charge is -2.44. The maximum absolute atomic E-state index is 12.1. The van der Waals surface area contributed by atoms with Gasteiger partial charge in [-0.1, -0.05) is 0 Å². The Labute approximate surface area is 105 Å². The van der Waals surface area contributed by atoms with Crippen LogP contribution in [0.15, 0.2) is 18.2 Å². The number of carbonyl (C=O) groups excluding carboxylic acids is 2. The van der Waals surface area contributed by atoms with Gasteiger partial charge in [0.15, 0.2) is 5.78 Å². The lowest BCUT2D eigenvalue weighted by atomic mass is 9.74. The Bertz CT molecular complexity index is 532. The molecule has 4 nitrogen and oxygen atoms in total. The van der Waals surface area contributed by atoms with E-state index in [1.165, 1.54) is 6.92 Å². The standard InChI is InChI=1S/C14H15NO3/c1-9(16)15-10-3-4-13-11(7-10)12(17)8-14(18-13)5-2-6-14/h3-4,7H,2,5-6,8H2,1H3,(H,15,16). The number of rotatable bonds is 1. The molecular formula is C14H15NO3. The van der Waals surface area contributed by atoms with Gasteiger partial charge in [-0.05, 0) is 37.5 Å². The van der Waals surface area contributed by atoms with Gasteiger partial charge in [0.05, 0.1) is 12.0 Å². The van der Waals surface area contributed by atoms with Gasteiger partial charge in [0.1, 0.15) is 11.4 Å². The van der Waals surface area contributed by atoms with Crippen LogP contribution in [-0.2, 0) is 4.79 Å². The Morgan fingerprint density at radius 3 is 2.78 bits per heavy atom. The molecule has 0 atom stereocenters. The fraction of sp³-hybridized carbons (Fsp3) is 0.429. The van der Waals surface area contributed by atoms with Crippen LogP contribution in [0, 0.1) is 0 Å². The summed E-state index contributed by atoms with van der Waals surface area (Å²) in [5.41, 5.74) is 0.987. The monoisotopic (exact) mass is 245 g/mol. The molecule has 18 heavy (non-hydrogen) atoms. The summed E-state index contributed by atoms with van der Waals surface area (Å²) >= 11 is 0. The number of hydrogen-bond donors (Lipinski definition) is 1.